The molecular formula is C18H17BrN2O4. The highest BCUT2D eigenvalue weighted by molar-refractivity contribution is 9.10. The molecule has 0 saturated heterocycles. The molecule has 0 aliphatic heterocycles. The standard InChI is InChI=1S/C18H17BrN2O4/c1-3-4-13-10-15(21(23)24)6-8-17(13)25-11-18(22)20-14-5-7-16(19)12(2)9-14/h3,5-10H,1,4,11H2,2H3,(H,20,22). The van der Waals surface area contributed by atoms with Crippen LogP contribution >= 0.6 is 15.9 Å². The van der Waals surface area contributed by atoms with Gasteiger partial charge in [-0.3, -0.25) is 14.9 Å². The Kier molecular flexibility index (Phi) is 6.30. The second kappa shape index (κ2) is 8.43. The van der Waals surface area contributed by atoms with Gasteiger partial charge in [0, 0.05) is 27.9 Å². The van der Waals surface area contributed by atoms with Gasteiger partial charge in [0.05, 0.1) is 4.92 Å². The van der Waals surface area contributed by atoms with Gasteiger partial charge >= 0.3 is 0 Å². The van der Waals surface area contributed by atoms with E-state index in [0.717, 1.165) is 10.0 Å². The number of nitrogens with one attached hydrogen (secondary N) is 1. The van der Waals surface area contributed by atoms with Crippen molar-refractivity contribution in [3.05, 3.63) is 74.8 Å². The molecule has 25 heavy (non-hydrogen) atoms. The average Bonchev–Trinajstić information content (AvgIpc) is 2.57. The molecule has 2 aromatic rings. The van der Waals surface area contributed by atoms with Gasteiger partial charge < -0.3 is 10.1 Å². The van der Waals surface area contributed by atoms with Gasteiger partial charge in [-0.2, -0.15) is 0 Å². The van der Waals surface area contributed by atoms with Crippen molar-refractivity contribution in [1.29, 1.82) is 0 Å². The van der Waals surface area contributed by atoms with Gasteiger partial charge in [0.2, 0.25) is 0 Å². The zero-order chi connectivity index (χ0) is 18.4. The molecule has 1 N–H and O–H groups in total. The number of aryl methyl sites for hydroxylation is 1. The number of benzene rings is 2. The number of anilines is 1. The first-order valence-electron chi connectivity index (χ1n) is 7.47. The lowest BCUT2D eigenvalue weighted by atomic mass is 10.1. The SMILES string of the molecule is C=CCc1cc([N+](=O)[O-])ccc1OCC(=O)Nc1ccc(Br)c(C)c1. The summed E-state index contributed by atoms with van der Waals surface area (Å²) in [5.74, 6) is 0.109. The van der Waals surface area contributed by atoms with Crippen LogP contribution in [0.25, 0.3) is 0 Å². The molecule has 0 aliphatic rings. The van der Waals surface area contributed by atoms with Gasteiger partial charge in [0.15, 0.2) is 6.61 Å². The highest BCUT2D eigenvalue weighted by atomic mass is 79.9. The van der Waals surface area contributed by atoms with E-state index in [0.29, 0.717) is 23.4 Å². The van der Waals surface area contributed by atoms with E-state index in [-0.39, 0.29) is 18.2 Å². The zero-order valence-corrected chi connectivity index (χ0v) is 15.2. The summed E-state index contributed by atoms with van der Waals surface area (Å²) in [4.78, 5) is 22.4. The molecule has 0 fully saturated rings. The highest BCUT2D eigenvalue weighted by Crippen LogP contribution is 2.25. The number of amides is 1. The van der Waals surface area contributed by atoms with Gasteiger partial charge in [-0.05, 0) is 43.2 Å². The Hall–Kier alpha value is -2.67. The van der Waals surface area contributed by atoms with Crippen LogP contribution in [0.4, 0.5) is 11.4 Å². The minimum absolute atomic E-state index is 0.0287. The number of hydrogen-bond acceptors (Lipinski definition) is 4. The van der Waals surface area contributed by atoms with Crippen LogP contribution in [-0.4, -0.2) is 17.4 Å². The molecule has 2 aromatic carbocycles. The van der Waals surface area contributed by atoms with E-state index in [9.17, 15) is 14.9 Å². The van der Waals surface area contributed by atoms with E-state index < -0.39 is 4.92 Å². The Bertz CT molecular complexity index is 821. The smallest absolute Gasteiger partial charge is 0.269 e. The molecule has 0 unspecified atom stereocenters. The number of nitro benzene ring substituents is 1. The lowest BCUT2D eigenvalue weighted by Crippen LogP contribution is -2.20. The van der Waals surface area contributed by atoms with Crippen LogP contribution in [0.15, 0.2) is 53.5 Å². The van der Waals surface area contributed by atoms with Crippen molar-refractivity contribution in [2.45, 2.75) is 13.3 Å². The van der Waals surface area contributed by atoms with Crippen LogP contribution in [0.2, 0.25) is 0 Å². The Labute approximate surface area is 153 Å². The molecule has 0 atom stereocenters. The number of non-ortho nitro benzene ring substituents is 1. The Morgan fingerprint density at radius 3 is 2.76 bits per heavy atom. The second-order valence-electron chi connectivity index (χ2n) is 5.34. The fourth-order valence-corrected chi connectivity index (χ4v) is 2.44. The predicted molar refractivity (Wildman–Crippen MR) is 100 cm³/mol. The van der Waals surface area contributed by atoms with Crippen molar-refractivity contribution >= 4 is 33.2 Å². The van der Waals surface area contributed by atoms with E-state index >= 15 is 0 Å². The quantitative estimate of drug-likeness (QED) is 0.420. The molecule has 0 aliphatic carbocycles. The van der Waals surface area contributed by atoms with E-state index in [1.807, 2.05) is 19.1 Å². The molecule has 0 spiro atoms. The third kappa shape index (κ3) is 5.15. The summed E-state index contributed by atoms with van der Waals surface area (Å²) in [6, 6.07) is 9.74. The summed E-state index contributed by atoms with van der Waals surface area (Å²) in [6.45, 7) is 5.36. The maximum Gasteiger partial charge on any atom is 0.269 e. The molecule has 130 valence electrons. The van der Waals surface area contributed by atoms with Gasteiger partial charge in [-0.1, -0.05) is 22.0 Å². The van der Waals surface area contributed by atoms with E-state index in [1.54, 1.807) is 12.1 Å². The van der Waals surface area contributed by atoms with E-state index in [2.05, 4.69) is 27.8 Å². The van der Waals surface area contributed by atoms with Gasteiger partial charge in [0.25, 0.3) is 11.6 Å². The van der Waals surface area contributed by atoms with Crippen molar-refractivity contribution in [1.82, 2.24) is 0 Å². The summed E-state index contributed by atoms with van der Waals surface area (Å²) in [5, 5.41) is 13.6. The fourth-order valence-electron chi connectivity index (χ4n) is 2.20. The topological polar surface area (TPSA) is 81.5 Å². The van der Waals surface area contributed by atoms with Crippen LogP contribution < -0.4 is 10.1 Å². The number of carbonyl (C=O) groups is 1. The Morgan fingerprint density at radius 1 is 1.36 bits per heavy atom. The number of rotatable bonds is 7. The van der Waals surface area contributed by atoms with Gasteiger partial charge in [0.1, 0.15) is 5.75 Å². The molecule has 0 aromatic heterocycles. The lowest BCUT2D eigenvalue weighted by molar-refractivity contribution is -0.384. The molecule has 0 radical (unpaired) electrons. The Morgan fingerprint density at radius 2 is 2.12 bits per heavy atom. The van der Waals surface area contributed by atoms with Crippen molar-refractivity contribution in [2.75, 3.05) is 11.9 Å². The van der Waals surface area contributed by atoms with Gasteiger partial charge in [-0.15, -0.1) is 6.58 Å². The maximum absolute atomic E-state index is 12.1. The molecule has 2 rings (SSSR count). The minimum Gasteiger partial charge on any atom is -0.483 e. The van der Waals surface area contributed by atoms with E-state index in [4.69, 9.17) is 4.74 Å². The monoisotopic (exact) mass is 404 g/mol. The van der Waals surface area contributed by atoms with Crippen LogP contribution in [0.3, 0.4) is 0 Å². The summed E-state index contributed by atoms with van der Waals surface area (Å²) in [7, 11) is 0. The largest absolute Gasteiger partial charge is 0.483 e. The molecular weight excluding hydrogens is 388 g/mol. The lowest BCUT2D eigenvalue weighted by Gasteiger charge is -2.11. The Balaban J connectivity index is 2.04. The van der Waals surface area contributed by atoms with Crippen molar-refractivity contribution in [3.8, 4) is 5.75 Å². The first kappa shape index (κ1) is 18.7. The third-order valence-electron chi connectivity index (χ3n) is 3.42. The molecule has 0 saturated carbocycles. The van der Waals surface area contributed by atoms with Crippen molar-refractivity contribution < 1.29 is 14.5 Å². The van der Waals surface area contributed by atoms with Crippen LogP contribution in [0.1, 0.15) is 11.1 Å². The average molecular weight is 405 g/mol. The van der Waals surface area contributed by atoms with Gasteiger partial charge in [-0.25, -0.2) is 0 Å². The first-order chi connectivity index (χ1) is 11.9. The van der Waals surface area contributed by atoms with Crippen LogP contribution in [0, 0.1) is 17.0 Å². The number of hydrogen-bond donors (Lipinski definition) is 1. The number of nitro groups is 1. The van der Waals surface area contributed by atoms with Crippen LogP contribution in [-0.2, 0) is 11.2 Å². The predicted octanol–water partition coefficient (Wildman–Crippen LogP) is 4.41. The molecule has 0 heterocycles. The number of allylic oxidation sites excluding steroid dienone is 1. The zero-order valence-electron chi connectivity index (χ0n) is 13.6. The van der Waals surface area contributed by atoms with Crippen LogP contribution in [0.5, 0.6) is 5.75 Å². The maximum atomic E-state index is 12.1. The highest BCUT2D eigenvalue weighted by Gasteiger charge is 2.12. The number of halogens is 1. The summed E-state index contributed by atoms with van der Waals surface area (Å²) in [6.07, 6.45) is 2.03. The number of ether oxygens (including phenoxy) is 1. The van der Waals surface area contributed by atoms with Crippen molar-refractivity contribution in [2.24, 2.45) is 0 Å². The number of nitrogens with zero attached hydrogens (tertiary/aromatic N) is 1. The summed E-state index contributed by atoms with van der Waals surface area (Å²) < 4.78 is 6.48. The molecule has 1 amide bonds. The normalized spacial score (nSPS) is 10.2. The van der Waals surface area contributed by atoms with Crippen molar-refractivity contribution in [3.63, 3.8) is 0 Å². The first-order valence-corrected chi connectivity index (χ1v) is 8.27. The molecule has 7 heteroatoms. The molecule has 0 bridgehead atoms. The van der Waals surface area contributed by atoms with E-state index in [1.165, 1.54) is 18.2 Å². The summed E-state index contributed by atoms with van der Waals surface area (Å²) in [5.41, 5.74) is 2.25. The second-order valence-corrected chi connectivity index (χ2v) is 6.20. The number of carbonyl (C=O) groups excluding carboxylic acids is 1. The fraction of sp³-hybridized carbons (Fsp3) is 0.167. The molecule has 6 nitrogen and oxygen atoms in total. The minimum atomic E-state index is -0.473. The third-order valence-corrected chi connectivity index (χ3v) is 4.31. The summed E-state index contributed by atoms with van der Waals surface area (Å²) >= 11 is 3.40.